The summed E-state index contributed by atoms with van der Waals surface area (Å²) in [4.78, 5) is 27.3. The average Bonchev–Trinajstić information content (AvgIpc) is 2.90. The van der Waals surface area contributed by atoms with Crippen LogP contribution in [0.3, 0.4) is 0 Å². The van der Waals surface area contributed by atoms with Crippen LogP contribution in [0.4, 0.5) is 11.4 Å². The van der Waals surface area contributed by atoms with Crippen LogP contribution in [-0.4, -0.2) is 16.0 Å². The van der Waals surface area contributed by atoms with Crippen LogP contribution in [0.1, 0.15) is 11.1 Å². The molecule has 0 radical (unpaired) electrons. The lowest BCUT2D eigenvalue weighted by molar-refractivity contribution is -0.384. The van der Waals surface area contributed by atoms with Crippen molar-refractivity contribution in [3.63, 3.8) is 0 Å². The number of thioether (sulfide) groups is 1. The summed E-state index contributed by atoms with van der Waals surface area (Å²) in [5.41, 5.74) is 2.17. The maximum Gasteiger partial charge on any atom is 0.288 e. The van der Waals surface area contributed by atoms with Crippen molar-refractivity contribution < 1.29 is 9.72 Å². The number of benzene rings is 2. The van der Waals surface area contributed by atoms with Gasteiger partial charge in [0.25, 0.3) is 11.6 Å². The molecule has 8 heteroatoms. The monoisotopic (exact) mass is 373 g/mol. The van der Waals surface area contributed by atoms with E-state index in [1.54, 1.807) is 12.1 Å². The van der Waals surface area contributed by atoms with Crippen LogP contribution in [0.5, 0.6) is 0 Å². The predicted molar refractivity (Wildman–Crippen MR) is 100 cm³/mol. The number of amidine groups is 1. The van der Waals surface area contributed by atoms with E-state index >= 15 is 0 Å². The number of nitro benzene ring substituents is 1. The minimum atomic E-state index is -0.559. The predicted octanol–water partition coefficient (Wildman–Crippen LogP) is 4.45. The van der Waals surface area contributed by atoms with Crippen LogP contribution in [0.2, 0.25) is 5.02 Å². The highest BCUT2D eigenvalue weighted by molar-refractivity contribution is 8.18. The summed E-state index contributed by atoms with van der Waals surface area (Å²) in [5, 5.41) is 14.1. The largest absolute Gasteiger partial charge is 0.300 e. The van der Waals surface area contributed by atoms with Crippen LogP contribution >= 0.6 is 23.4 Å². The highest BCUT2D eigenvalue weighted by Gasteiger charge is 2.24. The van der Waals surface area contributed by atoms with E-state index in [1.807, 2.05) is 31.2 Å². The first-order chi connectivity index (χ1) is 11.9. The van der Waals surface area contributed by atoms with Gasteiger partial charge in [-0.2, -0.15) is 0 Å². The number of aryl methyl sites for hydroxylation is 1. The molecule has 1 saturated heterocycles. The second kappa shape index (κ2) is 7.08. The summed E-state index contributed by atoms with van der Waals surface area (Å²) in [6.45, 7) is 1.98. The topological polar surface area (TPSA) is 84.6 Å². The van der Waals surface area contributed by atoms with E-state index in [1.165, 1.54) is 23.9 Å². The first kappa shape index (κ1) is 17.2. The standard InChI is InChI=1S/C17H12ClN3O3S/c1-10-2-5-12(6-3-10)19-17-20-16(22)15(25-17)9-11-4-7-13(18)14(8-11)21(23)24/h2-9H,1H3,(H,19,20,22)/b15-9+. The first-order valence-electron chi connectivity index (χ1n) is 7.22. The van der Waals surface area contributed by atoms with Crippen molar-refractivity contribution in [1.29, 1.82) is 0 Å². The minimum absolute atomic E-state index is 0.0531. The summed E-state index contributed by atoms with van der Waals surface area (Å²) in [7, 11) is 0. The molecule has 1 fully saturated rings. The van der Waals surface area contributed by atoms with E-state index in [4.69, 9.17) is 11.6 Å². The molecule has 1 aliphatic heterocycles. The Morgan fingerprint density at radius 3 is 2.64 bits per heavy atom. The van der Waals surface area contributed by atoms with E-state index in [9.17, 15) is 14.9 Å². The Morgan fingerprint density at radius 2 is 1.96 bits per heavy atom. The van der Waals surface area contributed by atoms with Gasteiger partial charge in [0, 0.05) is 6.07 Å². The summed E-state index contributed by atoms with van der Waals surface area (Å²) >= 11 is 6.97. The maximum atomic E-state index is 12.1. The molecule has 0 aliphatic carbocycles. The van der Waals surface area contributed by atoms with E-state index in [2.05, 4.69) is 10.3 Å². The fraction of sp³-hybridized carbons (Fsp3) is 0.0588. The summed E-state index contributed by atoms with van der Waals surface area (Å²) in [5.74, 6) is -0.298. The number of halogens is 1. The summed E-state index contributed by atoms with van der Waals surface area (Å²) < 4.78 is 0. The quantitative estimate of drug-likeness (QED) is 0.489. The van der Waals surface area contributed by atoms with Gasteiger partial charge in [-0.3, -0.25) is 14.9 Å². The Morgan fingerprint density at radius 1 is 1.24 bits per heavy atom. The second-order valence-corrected chi connectivity index (χ2v) is 6.72. The molecule has 2 aromatic rings. The zero-order chi connectivity index (χ0) is 18.0. The number of amides is 1. The van der Waals surface area contributed by atoms with Gasteiger partial charge >= 0.3 is 0 Å². The zero-order valence-corrected chi connectivity index (χ0v) is 14.6. The van der Waals surface area contributed by atoms with Gasteiger partial charge < -0.3 is 5.32 Å². The molecule has 2 aromatic carbocycles. The molecular formula is C17H12ClN3O3S. The molecule has 126 valence electrons. The molecule has 1 heterocycles. The molecule has 25 heavy (non-hydrogen) atoms. The second-order valence-electron chi connectivity index (χ2n) is 5.29. The van der Waals surface area contributed by atoms with Gasteiger partial charge in [0.2, 0.25) is 0 Å². The molecular weight excluding hydrogens is 362 g/mol. The molecule has 1 N–H and O–H groups in total. The van der Waals surface area contributed by atoms with Crippen LogP contribution in [0, 0.1) is 17.0 Å². The van der Waals surface area contributed by atoms with Crippen molar-refractivity contribution in [3.8, 4) is 0 Å². The number of rotatable bonds is 3. The van der Waals surface area contributed by atoms with Gasteiger partial charge in [-0.05, 0) is 48.5 Å². The average molecular weight is 374 g/mol. The third-order valence-electron chi connectivity index (χ3n) is 3.38. The molecule has 0 spiro atoms. The number of hydrogen-bond donors (Lipinski definition) is 1. The van der Waals surface area contributed by atoms with E-state index in [0.29, 0.717) is 15.6 Å². The fourth-order valence-electron chi connectivity index (χ4n) is 2.13. The molecule has 3 rings (SSSR count). The lowest BCUT2D eigenvalue weighted by atomic mass is 10.2. The third-order valence-corrected chi connectivity index (χ3v) is 4.61. The molecule has 0 atom stereocenters. The van der Waals surface area contributed by atoms with Gasteiger partial charge in [-0.15, -0.1) is 0 Å². The van der Waals surface area contributed by atoms with E-state index < -0.39 is 4.92 Å². The molecule has 0 aromatic heterocycles. The number of hydrogen-bond acceptors (Lipinski definition) is 5. The van der Waals surface area contributed by atoms with Gasteiger partial charge in [0.05, 0.1) is 15.5 Å². The Bertz CT molecular complexity index is 923. The van der Waals surface area contributed by atoms with Crippen LogP contribution < -0.4 is 5.32 Å². The molecule has 1 amide bonds. The molecule has 6 nitrogen and oxygen atoms in total. The van der Waals surface area contributed by atoms with Crippen molar-refractivity contribution in [1.82, 2.24) is 5.32 Å². The smallest absolute Gasteiger partial charge is 0.288 e. The van der Waals surface area contributed by atoms with Crippen molar-refractivity contribution in [2.24, 2.45) is 4.99 Å². The van der Waals surface area contributed by atoms with Crippen LogP contribution in [0.15, 0.2) is 52.4 Å². The molecule has 0 bridgehead atoms. The zero-order valence-electron chi connectivity index (χ0n) is 13.0. The lowest BCUT2D eigenvalue weighted by Crippen LogP contribution is -2.19. The van der Waals surface area contributed by atoms with Crippen molar-refractivity contribution in [2.75, 3.05) is 0 Å². The Hall–Kier alpha value is -2.64. The van der Waals surface area contributed by atoms with Crippen LogP contribution in [0.25, 0.3) is 6.08 Å². The number of nitro groups is 1. The SMILES string of the molecule is Cc1ccc(N=C2NC(=O)/C(=C\c3ccc(Cl)c([N+](=O)[O-])c3)S2)cc1. The fourth-order valence-corrected chi connectivity index (χ4v) is 3.16. The maximum absolute atomic E-state index is 12.1. The number of carbonyl (C=O) groups is 1. The lowest BCUT2D eigenvalue weighted by Gasteiger charge is -1.98. The Kier molecular flexibility index (Phi) is 4.87. The van der Waals surface area contributed by atoms with Crippen molar-refractivity contribution in [3.05, 3.63) is 73.6 Å². The molecule has 0 unspecified atom stereocenters. The minimum Gasteiger partial charge on any atom is -0.300 e. The normalized spacial score (nSPS) is 17.1. The molecule has 1 aliphatic rings. The number of aliphatic imine (C=N–C) groups is 1. The Balaban J connectivity index is 1.85. The van der Waals surface area contributed by atoms with E-state index in [0.717, 1.165) is 11.3 Å². The third kappa shape index (κ3) is 4.07. The summed E-state index contributed by atoms with van der Waals surface area (Å²) in [6.07, 6.45) is 1.57. The Labute approximate surface area is 152 Å². The van der Waals surface area contributed by atoms with Gasteiger partial charge in [-0.1, -0.05) is 35.4 Å². The number of carbonyl (C=O) groups excluding carboxylic acids is 1. The van der Waals surface area contributed by atoms with Crippen molar-refractivity contribution in [2.45, 2.75) is 6.92 Å². The van der Waals surface area contributed by atoms with Gasteiger partial charge in [0.1, 0.15) is 5.02 Å². The van der Waals surface area contributed by atoms with Gasteiger partial charge in [0.15, 0.2) is 5.17 Å². The highest BCUT2D eigenvalue weighted by Crippen LogP contribution is 2.30. The highest BCUT2D eigenvalue weighted by atomic mass is 35.5. The van der Waals surface area contributed by atoms with Gasteiger partial charge in [-0.25, -0.2) is 4.99 Å². The number of nitrogens with zero attached hydrogens (tertiary/aromatic N) is 2. The van der Waals surface area contributed by atoms with Crippen LogP contribution in [-0.2, 0) is 4.79 Å². The molecule has 0 saturated carbocycles. The van der Waals surface area contributed by atoms with E-state index in [-0.39, 0.29) is 16.6 Å². The summed E-state index contributed by atoms with van der Waals surface area (Å²) in [6, 6.07) is 12.0. The van der Waals surface area contributed by atoms with Crippen molar-refractivity contribution >= 4 is 51.9 Å². The number of nitrogens with one attached hydrogen (secondary N) is 1. The first-order valence-corrected chi connectivity index (χ1v) is 8.42.